The van der Waals surface area contributed by atoms with Crippen LogP contribution in [0.25, 0.3) is 10.8 Å². The molecular weight excluding hydrogens is 318 g/mol. The van der Waals surface area contributed by atoms with Crippen LogP contribution >= 0.6 is 0 Å². The van der Waals surface area contributed by atoms with Crippen LogP contribution in [0.4, 0.5) is 5.82 Å². The van der Waals surface area contributed by atoms with Gasteiger partial charge in [0, 0.05) is 41.7 Å². The SMILES string of the molecule is COc1cc2cnnc(N3CCC(c4ccn[nH]4)CC3)c2cc1OC. The number of methoxy groups -OCH3 is 2. The zero-order valence-corrected chi connectivity index (χ0v) is 14.4. The number of aromatic nitrogens is 4. The normalized spacial score (nSPS) is 15.5. The predicted octanol–water partition coefficient (Wildman–Crippen LogP) is 2.75. The van der Waals surface area contributed by atoms with Gasteiger partial charge in [0.05, 0.1) is 20.4 Å². The van der Waals surface area contributed by atoms with Crippen molar-refractivity contribution >= 4 is 16.6 Å². The highest BCUT2D eigenvalue weighted by Gasteiger charge is 2.24. The Balaban J connectivity index is 1.63. The smallest absolute Gasteiger partial charge is 0.161 e. The minimum atomic E-state index is 0.524. The maximum Gasteiger partial charge on any atom is 0.161 e. The summed E-state index contributed by atoms with van der Waals surface area (Å²) >= 11 is 0. The maximum atomic E-state index is 5.45. The van der Waals surface area contributed by atoms with E-state index in [4.69, 9.17) is 9.47 Å². The molecular formula is C18H21N5O2. The zero-order valence-electron chi connectivity index (χ0n) is 14.4. The summed E-state index contributed by atoms with van der Waals surface area (Å²) in [4.78, 5) is 2.30. The van der Waals surface area contributed by atoms with Crippen molar-refractivity contribution < 1.29 is 9.47 Å². The Morgan fingerprint density at radius 1 is 1.12 bits per heavy atom. The lowest BCUT2D eigenvalue weighted by atomic mass is 9.93. The van der Waals surface area contributed by atoms with Gasteiger partial charge in [-0.05, 0) is 31.0 Å². The average Bonchev–Trinajstić information content (AvgIpc) is 3.21. The Labute approximate surface area is 146 Å². The van der Waals surface area contributed by atoms with Crippen LogP contribution in [0.3, 0.4) is 0 Å². The first-order chi connectivity index (χ1) is 12.3. The van der Waals surface area contributed by atoms with E-state index >= 15 is 0 Å². The third-order valence-electron chi connectivity index (χ3n) is 4.90. The maximum absolute atomic E-state index is 5.45. The van der Waals surface area contributed by atoms with Crippen LogP contribution in [0.15, 0.2) is 30.6 Å². The summed E-state index contributed by atoms with van der Waals surface area (Å²) in [7, 11) is 3.29. The Kier molecular flexibility index (Phi) is 4.13. The van der Waals surface area contributed by atoms with Crippen molar-refractivity contribution in [1.29, 1.82) is 0 Å². The third kappa shape index (κ3) is 2.86. The van der Waals surface area contributed by atoms with Gasteiger partial charge in [-0.1, -0.05) is 0 Å². The first kappa shape index (κ1) is 15.7. The predicted molar refractivity (Wildman–Crippen MR) is 95.4 cm³/mol. The Morgan fingerprint density at radius 2 is 1.88 bits per heavy atom. The molecule has 0 bridgehead atoms. The van der Waals surface area contributed by atoms with Crippen LogP contribution in [0, 0.1) is 0 Å². The summed E-state index contributed by atoms with van der Waals surface area (Å²) in [6.45, 7) is 1.87. The molecule has 1 N–H and O–H groups in total. The fourth-order valence-electron chi connectivity index (χ4n) is 3.52. The Bertz CT molecular complexity index is 857. The number of benzene rings is 1. The molecule has 0 unspecified atom stereocenters. The van der Waals surface area contributed by atoms with Gasteiger partial charge >= 0.3 is 0 Å². The molecule has 1 aromatic carbocycles. The summed E-state index contributed by atoms with van der Waals surface area (Å²) in [5.74, 6) is 2.83. The molecule has 0 saturated carbocycles. The van der Waals surface area contributed by atoms with Crippen molar-refractivity contribution in [3.63, 3.8) is 0 Å². The fraction of sp³-hybridized carbons (Fsp3) is 0.389. The van der Waals surface area contributed by atoms with E-state index in [1.54, 1.807) is 20.4 Å². The average molecular weight is 339 g/mol. The summed E-state index contributed by atoms with van der Waals surface area (Å²) in [5, 5.41) is 17.8. The molecule has 0 radical (unpaired) electrons. The molecule has 4 rings (SSSR count). The van der Waals surface area contributed by atoms with E-state index in [2.05, 4.69) is 31.4 Å². The molecule has 1 aliphatic heterocycles. The quantitative estimate of drug-likeness (QED) is 0.788. The minimum absolute atomic E-state index is 0.524. The molecule has 2 aromatic heterocycles. The molecule has 1 saturated heterocycles. The van der Waals surface area contributed by atoms with Crippen molar-refractivity contribution in [3.8, 4) is 11.5 Å². The van der Waals surface area contributed by atoms with Crippen molar-refractivity contribution in [2.75, 3.05) is 32.2 Å². The van der Waals surface area contributed by atoms with Crippen LogP contribution in [0.2, 0.25) is 0 Å². The number of rotatable bonds is 4. The van der Waals surface area contributed by atoms with Crippen LogP contribution in [0.5, 0.6) is 11.5 Å². The molecule has 3 heterocycles. The first-order valence-electron chi connectivity index (χ1n) is 8.41. The summed E-state index contributed by atoms with van der Waals surface area (Å²) in [5.41, 5.74) is 1.22. The molecule has 3 aromatic rings. The highest BCUT2D eigenvalue weighted by molar-refractivity contribution is 5.94. The lowest BCUT2D eigenvalue weighted by Crippen LogP contribution is -2.33. The Morgan fingerprint density at radius 3 is 2.56 bits per heavy atom. The minimum Gasteiger partial charge on any atom is -0.493 e. The van der Waals surface area contributed by atoms with Crippen LogP contribution in [0.1, 0.15) is 24.5 Å². The summed E-state index contributed by atoms with van der Waals surface area (Å²) < 4.78 is 10.8. The van der Waals surface area contributed by atoms with E-state index in [1.807, 2.05) is 18.3 Å². The van der Waals surface area contributed by atoms with Crippen LogP contribution < -0.4 is 14.4 Å². The third-order valence-corrected chi connectivity index (χ3v) is 4.90. The number of piperidine rings is 1. The lowest BCUT2D eigenvalue weighted by Gasteiger charge is -2.32. The molecule has 0 atom stereocenters. The highest BCUT2D eigenvalue weighted by atomic mass is 16.5. The van der Waals surface area contributed by atoms with E-state index in [1.165, 1.54) is 5.69 Å². The summed E-state index contributed by atoms with van der Waals surface area (Å²) in [6.07, 6.45) is 5.71. The fourth-order valence-corrected chi connectivity index (χ4v) is 3.52. The van der Waals surface area contributed by atoms with Crippen molar-refractivity contribution in [1.82, 2.24) is 20.4 Å². The van der Waals surface area contributed by atoms with Gasteiger partial charge in [-0.25, -0.2) is 0 Å². The van der Waals surface area contributed by atoms with Crippen LogP contribution in [-0.4, -0.2) is 47.7 Å². The second-order valence-corrected chi connectivity index (χ2v) is 6.24. The van der Waals surface area contributed by atoms with Gasteiger partial charge in [0.15, 0.2) is 17.3 Å². The largest absolute Gasteiger partial charge is 0.493 e. The van der Waals surface area contributed by atoms with E-state index in [9.17, 15) is 0 Å². The number of hydrogen-bond acceptors (Lipinski definition) is 6. The second kappa shape index (κ2) is 6.58. The van der Waals surface area contributed by atoms with Crippen LogP contribution in [-0.2, 0) is 0 Å². The van der Waals surface area contributed by atoms with Crippen molar-refractivity contribution in [2.24, 2.45) is 0 Å². The molecule has 25 heavy (non-hydrogen) atoms. The lowest BCUT2D eigenvalue weighted by molar-refractivity contribution is 0.356. The highest BCUT2D eigenvalue weighted by Crippen LogP contribution is 2.37. The van der Waals surface area contributed by atoms with Gasteiger partial charge in [0.2, 0.25) is 0 Å². The molecule has 7 nitrogen and oxygen atoms in total. The molecule has 0 spiro atoms. The number of hydrogen-bond donors (Lipinski definition) is 1. The van der Waals surface area contributed by atoms with Gasteiger partial charge in [0.1, 0.15) is 0 Å². The molecule has 1 aliphatic rings. The van der Waals surface area contributed by atoms with E-state index in [0.29, 0.717) is 17.4 Å². The molecule has 1 fully saturated rings. The number of nitrogens with zero attached hydrogens (tertiary/aromatic N) is 4. The van der Waals surface area contributed by atoms with Gasteiger partial charge in [-0.15, -0.1) is 5.10 Å². The number of nitrogens with one attached hydrogen (secondary N) is 1. The van der Waals surface area contributed by atoms with Gasteiger partial charge in [-0.2, -0.15) is 10.2 Å². The summed E-state index contributed by atoms with van der Waals surface area (Å²) in [6, 6.07) is 6.00. The van der Waals surface area contributed by atoms with E-state index in [0.717, 1.165) is 42.5 Å². The Hall–Kier alpha value is -2.83. The van der Waals surface area contributed by atoms with Gasteiger partial charge in [0.25, 0.3) is 0 Å². The number of fused-ring (bicyclic) bond motifs is 1. The molecule has 0 amide bonds. The van der Waals surface area contributed by atoms with Crippen molar-refractivity contribution in [3.05, 3.63) is 36.3 Å². The topological polar surface area (TPSA) is 76.2 Å². The molecule has 0 aliphatic carbocycles. The monoisotopic (exact) mass is 339 g/mol. The molecule has 7 heteroatoms. The number of anilines is 1. The zero-order chi connectivity index (χ0) is 17.2. The number of H-pyrrole nitrogens is 1. The van der Waals surface area contributed by atoms with E-state index in [-0.39, 0.29) is 0 Å². The second-order valence-electron chi connectivity index (χ2n) is 6.24. The number of ether oxygens (including phenoxy) is 2. The van der Waals surface area contributed by atoms with Crippen molar-refractivity contribution in [2.45, 2.75) is 18.8 Å². The standard InChI is InChI=1S/C18H21N5O2/c1-24-16-9-13-11-20-22-18(14(13)10-17(16)25-2)23-7-4-12(5-8-23)15-3-6-19-21-15/h3,6,9-12H,4-5,7-8H2,1-2H3,(H,19,21). The number of aromatic amines is 1. The first-order valence-corrected chi connectivity index (χ1v) is 8.41. The van der Waals surface area contributed by atoms with Gasteiger partial charge in [-0.3, -0.25) is 5.10 Å². The van der Waals surface area contributed by atoms with E-state index < -0.39 is 0 Å². The van der Waals surface area contributed by atoms with Gasteiger partial charge < -0.3 is 14.4 Å². The molecule has 130 valence electrons.